The molecule has 0 radical (unpaired) electrons. The van der Waals surface area contributed by atoms with E-state index in [4.69, 9.17) is 5.11 Å². The Morgan fingerprint density at radius 3 is 2.47 bits per heavy atom. The molecular weight excluding hydrogens is 196 g/mol. The van der Waals surface area contributed by atoms with Crippen molar-refractivity contribution >= 4 is 12.0 Å². The smallest absolute Gasteiger partial charge is 0.325 e. The number of hydrogen-bond donors (Lipinski definition) is 3. The summed E-state index contributed by atoms with van der Waals surface area (Å²) >= 11 is 0. The fourth-order valence-corrected chi connectivity index (χ4v) is 1.40. The lowest BCUT2D eigenvalue weighted by atomic mass is 10.1. The van der Waals surface area contributed by atoms with Gasteiger partial charge in [0, 0.05) is 6.54 Å². The minimum absolute atomic E-state index is 0.405. The van der Waals surface area contributed by atoms with Gasteiger partial charge in [0.25, 0.3) is 0 Å². The lowest BCUT2D eigenvalue weighted by Gasteiger charge is -2.13. The standard InChI is InChI=1S/C10H18N2O3/c1-6(8-3-4-8)5-11-10(15)12-7(2)9(13)14/h6-8H,3-5H2,1-2H3,(H,13,14)(H2,11,12,15). The van der Waals surface area contributed by atoms with Crippen molar-refractivity contribution in [1.82, 2.24) is 10.6 Å². The number of rotatable bonds is 5. The van der Waals surface area contributed by atoms with Crippen molar-refractivity contribution in [3.63, 3.8) is 0 Å². The van der Waals surface area contributed by atoms with Crippen LogP contribution in [-0.2, 0) is 4.79 Å². The molecule has 1 fully saturated rings. The normalized spacial score (nSPS) is 19.1. The zero-order chi connectivity index (χ0) is 11.4. The third-order valence-corrected chi connectivity index (χ3v) is 2.73. The Labute approximate surface area is 89.2 Å². The van der Waals surface area contributed by atoms with E-state index in [9.17, 15) is 9.59 Å². The SMILES string of the molecule is CC(NC(=O)NCC(C)C1CC1)C(=O)O. The number of hydrogen-bond acceptors (Lipinski definition) is 2. The van der Waals surface area contributed by atoms with Gasteiger partial charge in [0.15, 0.2) is 0 Å². The van der Waals surface area contributed by atoms with Crippen LogP contribution in [0, 0.1) is 11.8 Å². The van der Waals surface area contributed by atoms with Crippen LogP contribution in [0.2, 0.25) is 0 Å². The second-order valence-corrected chi connectivity index (χ2v) is 4.23. The molecule has 86 valence electrons. The number of nitrogens with one attached hydrogen (secondary N) is 2. The topological polar surface area (TPSA) is 78.4 Å². The molecule has 1 saturated carbocycles. The molecule has 1 aliphatic rings. The molecule has 3 N–H and O–H groups in total. The summed E-state index contributed by atoms with van der Waals surface area (Å²) in [6, 6.07) is -1.25. The van der Waals surface area contributed by atoms with Crippen molar-refractivity contribution in [2.24, 2.45) is 11.8 Å². The van der Waals surface area contributed by atoms with Crippen LogP contribution in [0.5, 0.6) is 0 Å². The van der Waals surface area contributed by atoms with Crippen LogP contribution in [0.25, 0.3) is 0 Å². The maximum atomic E-state index is 11.2. The molecule has 0 bridgehead atoms. The summed E-state index contributed by atoms with van der Waals surface area (Å²) in [5.74, 6) is 0.193. The van der Waals surface area contributed by atoms with Gasteiger partial charge in [0.05, 0.1) is 0 Å². The molecule has 5 nitrogen and oxygen atoms in total. The van der Waals surface area contributed by atoms with E-state index in [2.05, 4.69) is 17.6 Å². The molecule has 0 aromatic heterocycles. The van der Waals surface area contributed by atoms with Crippen LogP contribution < -0.4 is 10.6 Å². The van der Waals surface area contributed by atoms with Crippen molar-refractivity contribution in [3.8, 4) is 0 Å². The average molecular weight is 214 g/mol. The molecule has 1 aliphatic carbocycles. The van der Waals surface area contributed by atoms with Gasteiger partial charge in [-0.25, -0.2) is 4.79 Å². The van der Waals surface area contributed by atoms with Gasteiger partial charge < -0.3 is 15.7 Å². The van der Waals surface area contributed by atoms with Gasteiger partial charge in [0.2, 0.25) is 0 Å². The number of carboxylic acid groups (broad SMARTS) is 1. The first-order chi connectivity index (χ1) is 7.00. The lowest BCUT2D eigenvalue weighted by Crippen LogP contribution is -2.45. The Balaban J connectivity index is 2.14. The predicted octanol–water partition coefficient (Wildman–Crippen LogP) is 0.805. The summed E-state index contributed by atoms with van der Waals surface area (Å²) in [6.45, 7) is 4.15. The molecule has 0 saturated heterocycles. The molecule has 0 heterocycles. The molecule has 2 amide bonds. The quantitative estimate of drug-likeness (QED) is 0.633. The first-order valence-corrected chi connectivity index (χ1v) is 5.28. The Morgan fingerprint density at radius 2 is 2.00 bits per heavy atom. The highest BCUT2D eigenvalue weighted by atomic mass is 16.4. The Morgan fingerprint density at radius 1 is 1.40 bits per heavy atom. The monoisotopic (exact) mass is 214 g/mol. The maximum absolute atomic E-state index is 11.2. The number of carbonyl (C=O) groups excluding carboxylic acids is 1. The van der Waals surface area contributed by atoms with E-state index in [0.717, 1.165) is 5.92 Å². The molecule has 2 unspecified atom stereocenters. The number of urea groups is 1. The van der Waals surface area contributed by atoms with E-state index < -0.39 is 18.0 Å². The molecule has 0 aromatic rings. The summed E-state index contributed by atoms with van der Waals surface area (Å²) < 4.78 is 0. The summed E-state index contributed by atoms with van der Waals surface area (Å²) in [4.78, 5) is 21.7. The summed E-state index contributed by atoms with van der Waals surface area (Å²) in [5.41, 5.74) is 0. The van der Waals surface area contributed by atoms with Crippen LogP contribution >= 0.6 is 0 Å². The molecule has 2 atom stereocenters. The van der Waals surface area contributed by atoms with Crippen molar-refractivity contribution < 1.29 is 14.7 Å². The molecule has 5 heteroatoms. The third-order valence-electron chi connectivity index (χ3n) is 2.73. The minimum Gasteiger partial charge on any atom is -0.480 e. The van der Waals surface area contributed by atoms with Gasteiger partial charge in [0.1, 0.15) is 6.04 Å². The van der Waals surface area contributed by atoms with E-state index >= 15 is 0 Å². The second-order valence-electron chi connectivity index (χ2n) is 4.23. The van der Waals surface area contributed by atoms with Crippen LogP contribution in [0.15, 0.2) is 0 Å². The minimum atomic E-state index is -1.03. The van der Waals surface area contributed by atoms with E-state index in [0.29, 0.717) is 12.5 Å². The zero-order valence-corrected chi connectivity index (χ0v) is 9.12. The maximum Gasteiger partial charge on any atom is 0.325 e. The zero-order valence-electron chi connectivity index (χ0n) is 9.12. The fourth-order valence-electron chi connectivity index (χ4n) is 1.40. The Bertz CT molecular complexity index is 251. The number of aliphatic carboxylic acids is 1. The first kappa shape index (κ1) is 11.8. The van der Waals surface area contributed by atoms with Crippen LogP contribution in [-0.4, -0.2) is 29.7 Å². The van der Waals surface area contributed by atoms with Crippen LogP contribution in [0.1, 0.15) is 26.7 Å². The van der Waals surface area contributed by atoms with Crippen LogP contribution in [0.4, 0.5) is 4.79 Å². The molecule has 0 aliphatic heterocycles. The highest BCUT2D eigenvalue weighted by Crippen LogP contribution is 2.35. The number of amides is 2. The van der Waals surface area contributed by atoms with E-state index in [1.54, 1.807) is 0 Å². The van der Waals surface area contributed by atoms with Gasteiger partial charge >= 0.3 is 12.0 Å². The van der Waals surface area contributed by atoms with Crippen molar-refractivity contribution in [1.29, 1.82) is 0 Å². The first-order valence-electron chi connectivity index (χ1n) is 5.28. The van der Waals surface area contributed by atoms with Crippen molar-refractivity contribution in [3.05, 3.63) is 0 Å². The van der Waals surface area contributed by atoms with Crippen molar-refractivity contribution in [2.45, 2.75) is 32.7 Å². The molecule has 1 rings (SSSR count). The van der Waals surface area contributed by atoms with E-state index in [-0.39, 0.29) is 0 Å². The van der Waals surface area contributed by atoms with Crippen LogP contribution in [0.3, 0.4) is 0 Å². The third kappa shape index (κ3) is 4.18. The highest BCUT2D eigenvalue weighted by molar-refractivity contribution is 5.82. The van der Waals surface area contributed by atoms with E-state index in [1.165, 1.54) is 19.8 Å². The highest BCUT2D eigenvalue weighted by Gasteiger charge is 2.27. The van der Waals surface area contributed by atoms with Crippen molar-refractivity contribution in [2.75, 3.05) is 6.54 Å². The van der Waals surface area contributed by atoms with Gasteiger partial charge in [-0.3, -0.25) is 4.79 Å². The number of carboxylic acids is 1. The Hall–Kier alpha value is -1.26. The number of carbonyl (C=O) groups is 2. The Kier molecular flexibility index (Phi) is 3.94. The molecule has 0 spiro atoms. The largest absolute Gasteiger partial charge is 0.480 e. The summed E-state index contributed by atoms with van der Waals surface area (Å²) in [6.07, 6.45) is 2.49. The summed E-state index contributed by atoms with van der Waals surface area (Å²) in [5, 5.41) is 13.6. The van der Waals surface area contributed by atoms with Gasteiger partial charge in [-0.15, -0.1) is 0 Å². The predicted molar refractivity (Wildman–Crippen MR) is 55.5 cm³/mol. The second kappa shape index (κ2) is 5.00. The fraction of sp³-hybridized carbons (Fsp3) is 0.800. The van der Waals surface area contributed by atoms with Gasteiger partial charge in [-0.1, -0.05) is 6.92 Å². The lowest BCUT2D eigenvalue weighted by molar-refractivity contribution is -0.138. The molecular formula is C10H18N2O3. The molecule has 15 heavy (non-hydrogen) atoms. The summed E-state index contributed by atoms with van der Waals surface area (Å²) in [7, 11) is 0. The van der Waals surface area contributed by atoms with Gasteiger partial charge in [-0.2, -0.15) is 0 Å². The molecule has 0 aromatic carbocycles. The van der Waals surface area contributed by atoms with E-state index in [1.807, 2.05) is 0 Å². The average Bonchev–Trinajstić information content (AvgIpc) is 2.96. The van der Waals surface area contributed by atoms with Gasteiger partial charge in [-0.05, 0) is 31.6 Å².